The first kappa shape index (κ1) is 11.3. The van der Waals surface area contributed by atoms with E-state index < -0.39 is 6.43 Å². The molecule has 0 radical (unpaired) electrons. The Labute approximate surface area is 94.1 Å². The molecule has 0 fully saturated rings. The fourth-order valence-electron chi connectivity index (χ4n) is 1.10. The summed E-state index contributed by atoms with van der Waals surface area (Å²) >= 11 is 1.81. The van der Waals surface area contributed by atoms with Crippen LogP contribution in [0.2, 0.25) is 0 Å². The number of aromatic nitrogens is 1. The van der Waals surface area contributed by atoms with Gasteiger partial charge in [0.1, 0.15) is 0 Å². The minimum Gasteiger partial charge on any atom is -0.259 e. The van der Waals surface area contributed by atoms with E-state index in [2.05, 4.69) is 4.98 Å². The predicted molar refractivity (Wildman–Crippen MR) is 56.0 cm³/mol. The van der Waals surface area contributed by atoms with E-state index in [9.17, 15) is 8.78 Å². The zero-order valence-electron chi connectivity index (χ0n) is 7.39. The number of rotatable bonds is 2. The van der Waals surface area contributed by atoms with Crippen molar-refractivity contribution in [2.24, 2.45) is 0 Å². The molecule has 0 unspecified atom stereocenters. The van der Waals surface area contributed by atoms with Crippen molar-refractivity contribution in [1.29, 1.82) is 5.26 Å². The van der Waals surface area contributed by atoms with Crippen molar-refractivity contribution in [2.45, 2.75) is 19.8 Å². The first-order valence-corrected chi connectivity index (χ1v) is 4.94. The van der Waals surface area contributed by atoms with Gasteiger partial charge in [0.15, 0.2) is 0 Å². The smallest absolute Gasteiger partial charge is 0.259 e. The molecule has 0 spiro atoms. The Balaban J connectivity index is 3.28. The molecule has 1 rings (SSSR count). The van der Waals surface area contributed by atoms with E-state index in [-0.39, 0.29) is 12.0 Å². The Bertz CT molecular complexity index is 385. The van der Waals surface area contributed by atoms with Crippen molar-refractivity contribution in [3.63, 3.8) is 0 Å². The third-order valence-electron chi connectivity index (χ3n) is 1.79. The van der Waals surface area contributed by atoms with Crippen LogP contribution in [-0.2, 0) is 6.42 Å². The van der Waals surface area contributed by atoms with Gasteiger partial charge in [0.05, 0.1) is 18.2 Å². The number of nitriles is 1. The number of pyridine rings is 1. The van der Waals surface area contributed by atoms with Gasteiger partial charge in [0, 0.05) is 15.3 Å². The van der Waals surface area contributed by atoms with E-state index >= 15 is 0 Å². The van der Waals surface area contributed by atoms with E-state index in [0.717, 1.165) is 0 Å². The summed E-state index contributed by atoms with van der Waals surface area (Å²) in [5.74, 6) is 0. The fourth-order valence-corrected chi connectivity index (χ4v) is 2.09. The van der Waals surface area contributed by atoms with Crippen molar-refractivity contribution < 1.29 is 8.78 Å². The lowest BCUT2D eigenvalue weighted by atomic mass is 10.1. The van der Waals surface area contributed by atoms with Crippen LogP contribution >= 0.6 is 22.6 Å². The molecule has 74 valence electrons. The van der Waals surface area contributed by atoms with Crippen LogP contribution in [0.25, 0.3) is 0 Å². The molecule has 0 saturated carbocycles. The summed E-state index contributed by atoms with van der Waals surface area (Å²) in [7, 11) is 0. The maximum atomic E-state index is 12.6. The van der Waals surface area contributed by atoms with Crippen molar-refractivity contribution in [2.75, 3.05) is 0 Å². The number of nitrogens with zero attached hydrogens (tertiary/aromatic N) is 2. The van der Waals surface area contributed by atoms with Crippen molar-refractivity contribution in [3.05, 3.63) is 26.6 Å². The monoisotopic (exact) mass is 308 g/mol. The summed E-state index contributed by atoms with van der Waals surface area (Å²) in [5.41, 5.74) is 0.880. The van der Waals surface area contributed by atoms with E-state index in [4.69, 9.17) is 5.26 Å². The van der Waals surface area contributed by atoms with Crippen LogP contribution in [0, 0.1) is 21.8 Å². The van der Waals surface area contributed by atoms with Gasteiger partial charge in [-0.15, -0.1) is 0 Å². The number of hydrogen-bond donors (Lipinski definition) is 0. The average molecular weight is 308 g/mol. The molecule has 0 bridgehead atoms. The van der Waals surface area contributed by atoms with Crippen molar-refractivity contribution in [1.82, 2.24) is 4.98 Å². The number of halogens is 3. The maximum absolute atomic E-state index is 12.6. The summed E-state index contributed by atoms with van der Waals surface area (Å²) in [6.45, 7) is 1.59. The van der Waals surface area contributed by atoms with Crippen LogP contribution in [0.4, 0.5) is 8.78 Å². The lowest BCUT2D eigenvalue weighted by molar-refractivity contribution is 0.149. The van der Waals surface area contributed by atoms with Crippen LogP contribution in [0.3, 0.4) is 0 Å². The Morgan fingerprint density at radius 2 is 2.29 bits per heavy atom. The molecule has 0 aliphatic rings. The quantitative estimate of drug-likeness (QED) is 0.788. The van der Waals surface area contributed by atoms with Gasteiger partial charge >= 0.3 is 0 Å². The maximum Gasteiger partial charge on any atom is 0.265 e. The highest BCUT2D eigenvalue weighted by atomic mass is 127. The molecule has 0 amide bonds. The summed E-state index contributed by atoms with van der Waals surface area (Å²) in [4.78, 5) is 3.95. The number of alkyl halides is 2. The molecule has 0 aromatic carbocycles. The molecule has 5 heteroatoms. The third kappa shape index (κ3) is 2.18. The van der Waals surface area contributed by atoms with Crippen LogP contribution in [0.1, 0.15) is 23.2 Å². The lowest BCUT2D eigenvalue weighted by Crippen LogP contribution is -2.01. The van der Waals surface area contributed by atoms with E-state index in [0.29, 0.717) is 14.8 Å². The Hall–Kier alpha value is -0.770. The molecule has 2 nitrogen and oxygen atoms in total. The Morgan fingerprint density at radius 3 is 2.79 bits per heavy atom. The van der Waals surface area contributed by atoms with E-state index in [1.54, 1.807) is 6.92 Å². The third-order valence-corrected chi connectivity index (χ3v) is 3.00. The minimum absolute atomic E-state index is 0.00847. The summed E-state index contributed by atoms with van der Waals surface area (Å²) < 4.78 is 25.6. The topological polar surface area (TPSA) is 36.7 Å². The molecule has 1 aromatic rings. The SMILES string of the molecule is Cc1cnc(CC#N)c(I)c1C(F)F. The highest BCUT2D eigenvalue weighted by molar-refractivity contribution is 14.1. The second-order valence-corrected chi connectivity index (χ2v) is 3.83. The van der Waals surface area contributed by atoms with Gasteiger partial charge in [-0.25, -0.2) is 8.78 Å². The molecule has 0 aliphatic carbocycles. The van der Waals surface area contributed by atoms with E-state index in [1.165, 1.54) is 6.20 Å². The van der Waals surface area contributed by atoms with Gasteiger partial charge in [-0.3, -0.25) is 4.98 Å². The van der Waals surface area contributed by atoms with Crippen LogP contribution in [0.5, 0.6) is 0 Å². The van der Waals surface area contributed by atoms with E-state index in [1.807, 2.05) is 28.7 Å². The van der Waals surface area contributed by atoms with Crippen LogP contribution < -0.4 is 0 Å². The molecule has 1 aromatic heterocycles. The normalized spacial score (nSPS) is 10.3. The zero-order valence-corrected chi connectivity index (χ0v) is 9.55. The van der Waals surface area contributed by atoms with Crippen molar-refractivity contribution >= 4 is 22.6 Å². The predicted octanol–water partition coefficient (Wildman–Crippen LogP) is 3.00. The molecule has 0 aliphatic heterocycles. The lowest BCUT2D eigenvalue weighted by Gasteiger charge is -2.09. The molecular weight excluding hydrogens is 301 g/mol. The molecule has 1 heterocycles. The molecule has 0 atom stereocenters. The molecular formula is C9H7F2IN2. The van der Waals surface area contributed by atoms with Crippen LogP contribution in [0.15, 0.2) is 6.20 Å². The van der Waals surface area contributed by atoms with Gasteiger partial charge in [-0.1, -0.05) is 0 Å². The number of aryl methyl sites for hydroxylation is 1. The van der Waals surface area contributed by atoms with Gasteiger partial charge in [-0.05, 0) is 35.1 Å². The molecule has 0 N–H and O–H groups in total. The van der Waals surface area contributed by atoms with Crippen molar-refractivity contribution in [3.8, 4) is 6.07 Å². The zero-order chi connectivity index (χ0) is 10.7. The fraction of sp³-hybridized carbons (Fsp3) is 0.333. The first-order chi connectivity index (χ1) is 6.57. The van der Waals surface area contributed by atoms with Gasteiger partial charge in [0.25, 0.3) is 6.43 Å². The largest absolute Gasteiger partial charge is 0.265 e. The summed E-state index contributed by atoms with van der Waals surface area (Å²) in [6.07, 6.45) is -1.06. The molecule has 0 saturated heterocycles. The molecule has 14 heavy (non-hydrogen) atoms. The second-order valence-electron chi connectivity index (χ2n) is 2.75. The average Bonchev–Trinajstić information content (AvgIpc) is 2.10. The first-order valence-electron chi connectivity index (χ1n) is 3.87. The van der Waals surface area contributed by atoms with Gasteiger partial charge < -0.3 is 0 Å². The second kappa shape index (κ2) is 4.64. The highest BCUT2D eigenvalue weighted by Gasteiger charge is 2.17. The number of hydrogen-bond acceptors (Lipinski definition) is 2. The standard InChI is InChI=1S/C9H7F2IN2/c1-5-4-14-6(2-3-13)8(12)7(5)9(10)11/h4,9H,2H2,1H3. The van der Waals surface area contributed by atoms with Gasteiger partial charge in [-0.2, -0.15) is 5.26 Å². The Kier molecular flexibility index (Phi) is 3.75. The Morgan fingerprint density at radius 1 is 1.64 bits per heavy atom. The minimum atomic E-state index is -2.51. The summed E-state index contributed by atoms with van der Waals surface area (Å²) in [6, 6.07) is 1.90. The van der Waals surface area contributed by atoms with Crippen LogP contribution in [-0.4, -0.2) is 4.98 Å². The van der Waals surface area contributed by atoms with Gasteiger partial charge in [0.2, 0.25) is 0 Å². The highest BCUT2D eigenvalue weighted by Crippen LogP contribution is 2.28. The summed E-state index contributed by atoms with van der Waals surface area (Å²) in [5, 5.41) is 8.46.